The third kappa shape index (κ3) is 4.67. The average molecular weight is 316 g/mol. The molecule has 0 aliphatic heterocycles. The zero-order valence-electron chi connectivity index (χ0n) is 13.3. The molecule has 2 rings (SSSR count). The molecule has 23 heavy (non-hydrogen) atoms. The molecule has 0 aliphatic carbocycles. The monoisotopic (exact) mass is 316 g/mol. The fourth-order valence-electron chi connectivity index (χ4n) is 2.21. The third-order valence-electron chi connectivity index (χ3n) is 3.52. The van der Waals surface area contributed by atoms with Gasteiger partial charge in [0.05, 0.1) is 12.1 Å². The fraction of sp³-hybridized carbons (Fsp3) is 0.353. The van der Waals surface area contributed by atoms with Crippen molar-refractivity contribution in [3.63, 3.8) is 0 Å². The zero-order chi connectivity index (χ0) is 16.8. The largest absolute Gasteiger partial charge is 0.481 e. The van der Waals surface area contributed by atoms with Crippen LogP contribution in [0.2, 0.25) is 0 Å². The van der Waals surface area contributed by atoms with E-state index in [0.717, 1.165) is 11.3 Å². The maximum Gasteiger partial charge on any atom is 0.305 e. The number of aryl methyl sites for hydroxylation is 2. The maximum absolute atomic E-state index is 12.0. The second-order valence-corrected chi connectivity index (χ2v) is 5.35. The highest BCUT2D eigenvalue weighted by Gasteiger charge is 2.15. The Morgan fingerprint density at radius 3 is 2.57 bits per heavy atom. The summed E-state index contributed by atoms with van der Waals surface area (Å²) in [5.41, 5.74) is 1.74. The Morgan fingerprint density at radius 2 is 1.91 bits per heavy atom. The van der Waals surface area contributed by atoms with Crippen LogP contribution in [0, 0.1) is 6.92 Å². The molecule has 0 fully saturated rings. The summed E-state index contributed by atoms with van der Waals surface area (Å²) in [7, 11) is 1.60. The summed E-state index contributed by atoms with van der Waals surface area (Å²) in [5.74, 6) is 0.192. The van der Waals surface area contributed by atoms with Crippen LogP contribution in [0.25, 0.3) is 11.3 Å². The van der Waals surface area contributed by atoms with Crippen LogP contribution < -0.4 is 0 Å². The van der Waals surface area contributed by atoms with Crippen molar-refractivity contribution in [1.29, 1.82) is 0 Å². The van der Waals surface area contributed by atoms with Crippen LogP contribution in [-0.4, -0.2) is 40.5 Å². The highest BCUT2D eigenvalue weighted by Crippen LogP contribution is 2.24. The molecule has 2 aromatic rings. The summed E-state index contributed by atoms with van der Waals surface area (Å²) in [6, 6.07) is 9.68. The lowest BCUT2D eigenvalue weighted by atomic mass is 10.1. The second-order valence-electron chi connectivity index (χ2n) is 5.35. The Hall–Kier alpha value is -2.63. The van der Waals surface area contributed by atoms with E-state index in [1.807, 2.05) is 37.3 Å². The van der Waals surface area contributed by atoms with Gasteiger partial charge in [-0.1, -0.05) is 30.3 Å². The normalized spacial score (nSPS) is 10.5. The second kappa shape index (κ2) is 7.58. The van der Waals surface area contributed by atoms with Crippen LogP contribution in [0.1, 0.15) is 24.4 Å². The number of oxazole rings is 1. The molecule has 122 valence electrons. The molecule has 1 aromatic carbocycles. The number of carbonyl (C=O) groups is 2. The number of carboxylic acids is 1. The Balaban J connectivity index is 1.94. The number of carboxylic acid groups (broad SMARTS) is 1. The smallest absolute Gasteiger partial charge is 0.305 e. The predicted octanol–water partition coefficient (Wildman–Crippen LogP) is 2.52. The fourth-order valence-corrected chi connectivity index (χ4v) is 2.21. The van der Waals surface area contributed by atoms with Gasteiger partial charge < -0.3 is 14.4 Å². The van der Waals surface area contributed by atoms with Crippen molar-refractivity contribution in [2.24, 2.45) is 0 Å². The molecule has 6 nitrogen and oxygen atoms in total. The third-order valence-corrected chi connectivity index (χ3v) is 3.52. The number of hydrogen-bond acceptors (Lipinski definition) is 4. The molecular weight excluding hydrogens is 296 g/mol. The molecule has 0 aliphatic rings. The Morgan fingerprint density at radius 1 is 1.22 bits per heavy atom. The molecule has 0 saturated heterocycles. The molecule has 0 bridgehead atoms. The standard InChI is InChI=1S/C17H20N2O4/c1-12-17(13-6-4-3-5-7-13)23-14(18-12)8-9-15(20)19(2)11-10-16(21)22/h3-7H,8-11H2,1-2H3,(H,21,22). The van der Waals surface area contributed by atoms with Gasteiger partial charge in [-0.05, 0) is 6.92 Å². The number of rotatable bonds is 7. The molecule has 1 aromatic heterocycles. The van der Waals surface area contributed by atoms with Gasteiger partial charge in [0.25, 0.3) is 0 Å². The Labute approximate surface area is 134 Å². The van der Waals surface area contributed by atoms with Crippen LogP contribution >= 0.6 is 0 Å². The van der Waals surface area contributed by atoms with Crippen LogP contribution in [0.3, 0.4) is 0 Å². The summed E-state index contributed by atoms with van der Waals surface area (Å²) in [6.45, 7) is 2.07. The van der Waals surface area contributed by atoms with E-state index in [-0.39, 0.29) is 25.3 Å². The van der Waals surface area contributed by atoms with Crippen molar-refractivity contribution in [3.8, 4) is 11.3 Å². The number of aliphatic carboxylic acids is 1. The van der Waals surface area contributed by atoms with Gasteiger partial charge in [-0.25, -0.2) is 4.98 Å². The number of hydrogen-bond donors (Lipinski definition) is 1. The molecule has 1 heterocycles. The summed E-state index contributed by atoms with van der Waals surface area (Å²) in [4.78, 5) is 28.3. The van der Waals surface area contributed by atoms with Crippen molar-refractivity contribution in [2.45, 2.75) is 26.2 Å². The van der Waals surface area contributed by atoms with E-state index in [1.165, 1.54) is 4.90 Å². The molecule has 0 radical (unpaired) electrons. The number of nitrogens with zero attached hydrogens (tertiary/aromatic N) is 2. The number of carbonyl (C=O) groups excluding carboxylic acids is 1. The average Bonchev–Trinajstić information content (AvgIpc) is 2.92. The lowest BCUT2D eigenvalue weighted by molar-refractivity contribution is -0.138. The van der Waals surface area contributed by atoms with Crippen molar-refractivity contribution >= 4 is 11.9 Å². The molecule has 6 heteroatoms. The summed E-state index contributed by atoms with van der Waals surface area (Å²) < 4.78 is 5.75. The van der Waals surface area contributed by atoms with Crippen LogP contribution in [-0.2, 0) is 16.0 Å². The quantitative estimate of drug-likeness (QED) is 0.848. The van der Waals surface area contributed by atoms with Crippen molar-refractivity contribution in [3.05, 3.63) is 41.9 Å². The maximum atomic E-state index is 12.0. The molecule has 0 unspecified atom stereocenters. The first kappa shape index (κ1) is 16.7. The van der Waals surface area contributed by atoms with Crippen LogP contribution in [0.4, 0.5) is 0 Å². The van der Waals surface area contributed by atoms with Gasteiger partial charge in [0, 0.05) is 32.0 Å². The van der Waals surface area contributed by atoms with Gasteiger partial charge in [-0.3, -0.25) is 9.59 Å². The first-order chi connectivity index (χ1) is 11.0. The summed E-state index contributed by atoms with van der Waals surface area (Å²) in [5, 5.41) is 8.63. The van der Waals surface area contributed by atoms with Crippen molar-refractivity contribution in [2.75, 3.05) is 13.6 Å². The van der Waals surface area contributed by atoms with E-state index in [9.17, 15) is 9.59 Å². The minimum atomic E-state index is -0.916. The van der Waals surface area contributed by atoms with Crippen LogP contribution in [0.15, 0.2) is 34.7 Å². The minimum absolute atomic E-state index is 0.0570. The first-order valence-electron chi connectivity index (χ1n) is 7.45. The van der Waals surface area contributed by atoms with Gasteiger partial charge >= 0.3 is 5.97 Å². The molecular formula is C17H20N2O4. The van der Waals surface area contributed by atoms with Gasteiger partial charge in [-0.15, -0.1) is 0 Å². The van der Waals surface area contributed by atoms with E-state index < -0.39 is 5.97 Å². The number of amides is 1. The van der Waals surface area contributed by atoms with E-state index in [4.69, 9.17) is 9.52 Å². The topological polar surface area (TPSA) is 83.6 Å². The highest BCUT2D eigenvalue weighted by atomic mass is 16.4. The Kier molecular flexibility index (Phi) is 5.51. The van der Waals surface area contributed by atoms with Crippen molar-refractivity contribution < 1.29 is 19.1 Å². The first-order valence-corrected chi connectivity index (χ1v) is 7.45. The number of aromatic nitrogens is 1. The van der Waals surface area contributed by atoms with Crippen LogP contribution in [0.5, 0.6) is 0 Å². The molecule has 1 amide bonds. The van der Waals surface area contributed by atoms with E-state index in [0.29, 0.717) is 18.1 Å². The molecule has 1 N–H and O–H groups in total. The minimum Gasteiger partial charge on any atom is -0.481 e. The van der Waals surface area contributed by atoms with E-state index in [1.54, 1.807) is 7.05 Å². The predicted molar refractivity (Wildman–Crippen MR) is 84.9 cm³/mol. The molecule has 0 spiro atoms. The Bertz CT molecular complexity index is 679. The summed E-state index contributed by atoms with van der Waals surface area (Å²) in [6.07, 6.45) is 0.576. The zero-order valence-corrected chi connectivity index (χ0v) is 13.3. The number of benzene rings is 1. The van der Waals surface area contributed by atoms with Gasteiger partial charge in [0.15, 0.2) is 11.7 Å². The lowest BCUT2D eigenvalue weighted by Gasteiger charge is -2.15. The van der Waals surface area contributed by atoms with Gasteiger partial charge in [0.1, 0.15) is 0 Å². The van der Waals surface area contributed by atoms with E-state index >= 15 is 0 Å². The van der Waals surface area contributed by atoms with E-state index in [2.05, 4.69) is 4.98 Å². The molecule has 0 atom stereocenters. The summed E-state index contributed by atoms with van der Waals surface area (Å²) >= 11 is 0. The lowest BCUT2D eigenvalue weighted by Crippen LogP contribution is -2.29. The highest BCUT2D eigenvalue weighted by molar-refractivity contribution is 5.76. The van der Waals surface area contributed by atoms with Gasteiger partial charge in [0.2, 0.25) is 5.91 Å². The molecule has 0 saturated carbocycles. The SMILES string of the molecule is Cc1nc(CCC(=O)N(C)CCC(=O)O)oc1-c1ccccc1. The van der Waals surface area contributed by atoms with Gasteiger partial charge in [-0.2, -0.15) is 0 Å². The van der Waals surface area contributed by atoms with Crippen molar-refractivity contribution in [1.82, 2.24) is 9.88 Å².